The van der Waals surface area contributed by atoms with Crippen molar-refractivity contribution in [1.29, 1.82) is 0 Å². The van der Waals surface area contributed by atoms with E-state index in [1.54, 1.807) is 0 Å². The molecule has 78 valence electrons. The summed E-state index contributed by atoms with van der Waals surface area (Å²) < 4.78 is 0. The Bertz CT molecular complexity index is 291. The van der Waals surface area contributed by atoms with Gasteiger partial charge in [-0.2, -0.15) is 0 Å². The Kier molecular flexibility index (Phi) is 4.15. The molecule has 1 nitrogen and oxygen atoms in total. The van der Waals surface area contributed by atoms with Gasteiger partial charge in [-0.3, -0.25) is 0 Å². The highest BCUT2D eigenvalue weighted by Gasteiger charge is 2.02. The molecule has 1 unspecified atom stereocenters. The van der Waals surface area contributed by atoms with Gasteiger partial charge in [0.15, 0.2) is 0 Å². The summed E-state index contributed by atoms with van der Waals surface area (Å²) in [4.78, 5) is 0. The molecule has 1 aromatic carbocycles. The lowest BCUT2D eigenvalue weighted by molar-refractivity contribution is 0.544. The Labute approximate surface area is 87.3 Å². The van der Waals surface area contributed by atoms with Crippen molar-refractivity contribution >= 4 is 0 Å². The van der Waals surface area contributed by atoms with Crippen LogP contribution in [-0.4, -0.2) is 6.54 Å². The molecule has 0 aromatic heterocycles. The van der Waals surface area contributed by atoms with Crippen molar-refractivity contribution in [2.75, 3.05) is 6.54 Å². The van der Waals surface area contributed by atoms with E-state index in [0.717, 1.165) is 13.0 Å². The second-order valence-corrected chi connectivity index (χ2v) is 4.31. The molecule has 0 amide bonds. The molecule has 1 rings (SSSR count). The minimum Gasteiger partial charge on any atom is -0.330 e. The van der Waals surface area contributed by atoms with Crippen molar-refractivity contribution in [2.24, 2.45) is 11.7 Å². The lowest BCUT2D eigenvalue weighted by Crippen LogP contribution is -2.11. The van der Waals surface area contributed by atoms with E-state index in [1.807, 2.05) is 0 Å². The van der Waals surface area contributed by atoms with Gasteiger partial charge in [-0.25, -0.2) is 0 Å². The topological polar surface area (TPSA) is 26.0 Å². The van der Waals surface area contributed by atoms with Crippen LogP contribution in [-0.2, 0) is 6.42 Å². The monoisotopic (exact) mass is 191 g/mol. The highest BCUT2D eigenvalue weighted by atomic mass is 14.5. The Morgan fingerprint density at radius 2 is 2.00 bits per heavy atom. The van der Waals surface area contributed by atoms with Crippen molar-refractivity contribution in [3.05, 3.63) is 34.9 Å². The first-order chi connectivity index (χ1) is 6.63. The number of hydrogen-bond donors (Lipinski definition) is 1. The van der Waals surface area contributed by atoms with E-state index in [-0.39, 0.29) is 0 Å². The predicted octanol–water partition coefficient (Wildman–Crippen LogP) is 2.83. The lowest BCUT2D eigenvalue weighted by atomic mass is 9.97. The molecule has 1 heteroatoms. The van der Waals surface area contributed by atoms with Gasteiger partial charge in [0.1, 0.15) is 0 Å². The number of rotatable bonds is 4. The highest BCUT2D eigenvalue weighted by Crippen LogP contribution is 2.14. The Morgan fingerprint density at radius 3 is 2.64 bits per heavy atom. The van der Waals surface area contributed by atoms with Gasteiger partial charge in [0.05, 0.1) is 0 Å². The van der Waals surface area contributed by atoms with E-state index in [0.29, 0.717) is 5.92 Å². The molecule has 0 heterocycles. The summed E-state index contributed by atoms with van der Waals surface area (Å²) in [7, 11) is 0. The molecule has 0 aliphatic carbocycles. The van der Waals surface area contributed by atoms with E-state index < -0.39 is 0 Å². The SMILES string of the molecule is Cc1ccc(C)c(CCC(C)CN)c1. The maximum absolute atomic E-state index is 5.60. The fourth-order valence-corrected chi connectivity index (χ4v) is 1.59. The summed E-state index contributed by atoms with van der Waals surface area (Å²) in [5, 5.41) is 0. The minimum absolute atomic E-state index is 0.634. The second-order valence-electron chi connectivity index (χ2n) is 4.31. The third kappa shape index (κ3) is 3.15. The number of nitrogens with two attached hydrogens (primary N) is 1. The normalized spacial score (nSPS) is 12.9. The fourth-order valence-electron chi connectivity index (χ4n) is 1.59. The molecular weight excluding hydrogens is 170 g/mol. The summed E-state index contributed by atoms with van der Waals surface area (Å²) >= 11 is 0. The van der Waals surface area contributed by atoms with Crippen LogP contribution in [0.2, 0.25) is 0 Å². The minimum atomic E-state index is 0.634. The molecule has 0 saturated heterocycles. The summed E-state index contributed by atoms with van der Waals surface area (Å²) in [5.74, 6) is 0.634. The molecular formula is C13H21N. The summed E-state index contributed by atoms with van der Waals surface area (Å²) in [5.41, 5.74) is 9.84. The van der Waals surface area contributed by atoms with Crippen molar-refractivity contribution in [2.45, 2.75) is 33.6 Å². The van der Waals surface area contributed by atoms with Gasteiger partial charge >= 0.3 is 0 Å². The van der Waals surface area contributed by atoms with Crippen LogP contribution in [0.15, 0.2) is 18.2 Å². The predicted molar refractivity (Wildman–Crippen MR) is 62.5 cm³/mol. The molecule has 0 fully saturated rings. The van der Waals surface area contributed by atoms with Crippen molar-refractivity contribution < 1.29 is 0 Å². The first-order valence-electron chi connectivity index (χ1n) is 5.39. The van der Waals surface area contributed by atoms with Crippen LogP contribution in [0.3, 0.4) is 0 Å². The molecule has 0 bridgehead atoms. The molecule has 0 aliphatic rings. The molecule has 0 aliphatic heterocycles. The molecule has 1 aromatic rings. The fraction of sp³-hybridized carbons (Fsp3) is 0.538. The van der Waals surface area contributed by atoms with Crippen LogP contribution in [0.25, 0.3) is 0 Å². The second kappa shape index (κ2) is 5.16. The van der Waals surface area contributed by atoms with Crippen LogP contribution >= 0.6 is 0 Å². The van der Waals surface area contributed by atoms with Crippen LogP contribution in [0.1, 0.15) is 30.0 Å². The Morgan fingerprint density at radius 1 is 1.29 bits per heavy atom. The quantitative estimate of drug-likeness (QED) is 0.778. The van der Waals surface area contributed by atoms with E-state index in [4.69, 9.17) is 5.73 Å². The van der Waals surface area contributed by atoms with Gasteiger partial charge in [0, 0.05) is 0 Å². The highest BCUT2D eigenvalue weighted by molar-refractivity contribution is 5.30. The maximum atomic E-state index is 5.60. The average Bonchev–Trinajstić information content (AvgIpc) is 2.19. The zero-order chi connectivity index (χ0) is 10.6. The summed E-state index contributed by atoms with van der Waals surface area (Å²) in [6.45, 7) is 7.34. The number of aryl methyl sites for hydroxylation is 3. The van der Waals surface area contributed by atoms with Crippen molar-refractivity contribution in [3.8, 4) is 0 Å². The zero-order valence-electron chi connectivity index (χ0n) is 9.51. The van der Waals surface area contributed by atoms with Crippen LogP contribution < -0.4 is 5.73 Å². The Balaban J connectivity index is 2.62. The number of hydrogen-bond acceptors (Lipinski definition) is 1. The zero-order valence-corrected chi connectivity index (χ0v) is 9.51. The van der Waals surface area contributed by atoms with Crippen molar-refractivity contribution in [1.82, 2.24) is 0 Å². The first-order valence-corrected chi connectivity index (χ1v) is 5.39. The van der Waals surface area contributed by atoms with Crippen molar-refractivity contribution in [3.63, 3.8) is 0 Å². The standard InChI is InChI=1S/C13H21N/c1-10-4-6-12(3)13(8-10)7-5-11(2)9-14/h4,6,8,11H,5,7,9,14H2,1-3H3. The van der Waals surface area contributed by atoms with Crippen LogP contribution in [0.5, 0.6) is 0 Å². The lowest BCUT2D eigenvalue weighted by Gasteiger charge is -2.10. The molecule has 14 heavy (non-hydrogen) atoms. The first kappa shape index (κ1) is 11.3. The van der Waals surface area contributed by atoms with Gasteiger partial charge in [0.25, 0.3) is 0 Å². The van der Waals surface area contributed by atoms with Gasteiger partial charge in [-0.1, -0.05) is 30.7 Å². The molecule has 2 N–H and O–H groups in total. The van der Waals surface area contributed by atoms with Gasteiger partial charge in [-0.05, 0) is 50.3 Å². The summed E-state index contributed by atoms with van der Waals surface area (Å²) in [6, 6.07) is 6.67. The third-order valence-electron chi connectivity index (χ3n) is 2.81. The smallest absolute Gasteiger partial charge is 0.00514 e. The average molecular weight is 191 g/mol. The van der Waals surface area contributed by atoms with Gasteiger partial charge in [-0.15, -0.1) is 0 Å². The molecule has 1 atom stereocenters. The van der Waals surface area contributed by atoms with Gasteiger partial charge in [0.2, 0.25) is 0 Å². The largest absolute Gasteiger partial charge is 0.330 e. The maximum Gasteiger partial charge on any atom is -0.00514 e. The van der Waals surface area contributed by atoms with E-state index >= 15 is 0 Å². The van der Waals surface area contributed by atoms with E-state index in [9.17, 15) is 0 Å². The number of benzene rings is 1. The van der Waals surface area contributed by atoms with E-state index in [2.05, 4.69) is 39.0 Å². The summed E-state index contributed by atoms with van der Waals surface area (Å²) in [6.07, 6.45) is 2.35. The van der Waals surface area contributed by atoms with Crippen LogP contribution in [0.4, 0.5) is 0 Å². The van der Waals surface area contributed by atoms with E-state index in [1.165, 1.54) is 23.1 Å². The van der Waals surface area contributed by atoms with Crippen LogP contribution in [0, 0.1) is 19.8 Å². The van der Waals surface area contributed by atoms with Gasteiger partial charge < -0.3 is 5.73 Å². The Hall–Kier alpha value is -0.820. The molecule has 0 saturated carbocycles. The molecule has 0 radical (unpaired) electrons. The molecule has 0 spiro atoms. The third-order valence-corrected chi connectivity index (χ3v) is 2.81.